The monoisotopic (exact) mass is 322 g/mol. The molecule has 120 valence electrons. The fourth-order valence-electron chi connectivity index (χ4n) is 2.26. The van der Waals surface area contributed by atoms with Crippen molar-refractivity contribution in [1.29, 1.82) is 0 Å². The normalized spacial score (nSPS) is 11.0. The van der Waals surface area contributed by atoms with E-state index in [-0.39, 0.29) is 28.1 Å². The number of hydrogen-bond donors (Lipinski definition) is 4. The van der Waals surface area contributed by atoms with Crippen molar-refractivity contribution < 1.29 is 15.0 Å². The summed E-state index contributed by atoms with van der Waals surface area (Å²) in [6, 6.07) is 12.2. The minimum Gasteiger partial charge on any atom is -0.508 e. The van der Waals surface area contributed by atoms with Crippen molar-refractivity contribution in [3.63, 3.8) is 0 Å². The van der Waals surface area contributed by atoms with Crippen LogP contribution in [0.4, 0.5) is 0 Å². The predicted molar refractivity (Wildman–Crippen MR) is 90.8 cm³/mol. The smallest absolute Gasteiger partial charge is 0.271 e. The van der Waals surface area contributed by atoms with Crippen LogP contribution in [0.25, 0.3) is 17.0 Å². The van der Waals surface area contributed by atoms with E-state index in [1.807, 2.05) is 0 Å². The number of carbonyl (C=O) groups is 1. The molecule has 0 unspecified atom stereocenters. The molecule has 0 saturated heterocycles. The van der Waals surface area contributed by atoms with Gasteiger partial charge in [-0.05, 0) is 35.9 Å². The molecule has 6 heteroatoms. The number of H-pyrrole nitrogens is 1. The zero-order valence-electron chi connectivity index (χ0n) is 12.5. The quantitative estimate of drug-likeness (QED) is 0.594. The van der Waals surface area contributed by atoms with E-state index in [9.17, 15) is 19.8 Å². The van der Waals surface area contributed by atoms with Crippen molar-refractivity contribution in [2.75, 3.05) is 0 Å². The van der Waals surface area contributed by atoms with Crippen LogP contribution >= 0.6 is 0 Å². The average Bonchev–Trinajstić information content (AvgIpc) is 2.57. The second-order valence-corrected chi connectivity index (χ2v) is 5.15. The lowest BCUT2D eigenvalue weighted by atomic mass is 10.1. The Morgan fingerprint density at radius 2 is 1.83 bits per heavy atom. The summed E-state index contributed by atoms with van der Waals surface area (Å²) in [5, 5.41) is 21.9. The number of phenolic OH excluding ortho intramolecular Hbond substituents is 2. The number of rotatable bonds is 3. The molecular formula is C18H14N2O4. The Morgan fingerprint density at radius 1 is 1.08 bits per heavy atom. The Hall–Kier alpha value is -3.54. The molecule has 3 rings (SSSR count). The van der Waals surface area contributed by atoms with Crippen molar-refractivity contribution in [1.82, 2.24) is 10.3 Å². The van der Waals surface area contributed by atoms with Gasteiger partial charge in [0.1, 0.15) is 17.2 Å². The van der Waals surface area contributed by atoms with E-state index < -0.39 is 5.91 Å². The highest BCUT2D eigenvalue weighted by Gasteiger charge is 2.10. The van der Waals surface area contributed by atoms with Crippen LogP contribution < -0.4 is 10.7 Å². The summed E-state index contributed by atoms with van der Waals surface area (Å²) in [4.78, 5) is 26.9. The van der Waals surface area contributed by atoms with Gasteiger partial charge < -0.3 is 20.5 Å². The minimum atomic E-state index is -0.507. The molecule has 0 spiro atoms. The molecule has 3 aromatic rings. The van der Waals surface area contributed by atoms with Gasteiger partial charge in [-0.1, -0.05) is 18.2 Å². The van der Waals surface area contributed by atoms with E-state index in [1.165, 1.54) is 30.5 Å². The zero-order chi connectivity index (χ0) is 17.1. The summed E-state index contributed by atoms with van der Waals surface area (Å²) in [7, 11) is 0. The first-order valence-corrected chi connectivity index (χ1v) is 7.16. The van der Waals surface area contributed by atoms with E-state index in [0.717, 1.165) is 5.56 Å². The summed E-state index contributed by atoms with van der Waals surface area (Å²) >= 11 is 0. The first-order valence-electron chi connectivity index (χ1n) is 7.16. The Kier molecular flexibility index (Phi) is 4.03. The van der Waals surface area contributed by atoms with Crippen molar-refractivity contribution in [2.24, 2.45) is 0 Å². The molecule has 2 aromatic carbocycles. The molecule has 1 amide bonds. The van der Waals surface area contributed by atoms with Gasteiger partial charge in [0.2, 0.25) is 0 Å². The first-order chi connectivity index (χ1) is 11.5. The Bertz CT molecular complexity index is 988. The van der Waals surface area contributed by atoms with E-state index >= 15 is 0 Å². The van der Waals surface area contributed by atoms with E-state index in [0.29, 0.717) is 5.39 Å². The Balaban J connectivity index is 1.82. The molecular weight excluding hydrogens is 308 g/mol. The van der Waals surface area contributed by atoms with Gasteiger partial charge in [-0.15, -0.1) is 0 Å². The molecule has 1 heterocycles. The largest absolute Gasteiger partial charge is 0.508 e. The van der Waals surface area contributed by atoms with Gasteiger partial charge in [0.15, 0.2) is 5.43 Å². The maximum Gasteiger partial charge on any atom is 0.271 e. The van der Waals surface area contributed by atoms with Crippen LogP contribution in [0, 0.1) is 0 Å². The predicted octanol–water partition coefficient (Wildman–Crippen LogP) is 2.34. The fourth-order valence-corrected chi connectivity index (χ4v) is 2.26. The van der Waals surface area contributed by atoms with Crippen LogP contribution in [0.1, 0.15) is 16.1 Å². The third kappa shape index (κ3) is 3.12. The van der Waals surface area contributed by atoms with Crippen LogP contribution in [0.2, 0.25) is 0 Å². The fraction of sp³-hybridized carbons (Fsp3) is 0. The maximum atomic E-state index is 12.1. The lowest BCUT2D eigenvalue weighted by Crippen LogP contribution is -2.20. The minimum absolute atomic E-state index is 0.0457. The van der Waals surface area contributed by atoms with Crippen molar-refractivity contribution >= 4 is 22.9 Å². The van der Waals surface area contributed by atoms with Gasteiger partial charge in [0, 0.05) is 17.7 Å². The van der Waals surface area contributed by atoms with Crippen molar-refractivity contribution in [3.8, 4) is 11.5 Å². The van der Waals surface area contributed by atoms with Gasteiger partial charge in [0.25, 0.3) is 5.91 Å². The van der Waals surface area contributed by atoms with Gasteiger partial charge in [0.05, 0.1) is 5.52 Å². The number of aromatic amines is 1. The molecule has 0 aliphatic rings. The van der Waals surface area contributed by atoms with E-state index in [1.54, 1.807) is 30.3 Å². The van der Waals surface area contributed by atoms with Crippen LogP contribution in [-0.2, 0) is 0 Å². The highest BCUT2D eigenvalue weighted by Crippen LogP contribution is 2.19. The van der Waals surface area contributed by atoms with Gasteiger partial charge >= 0.3 is 0 Å². The van der Waals surface area contributed by atoms with E-state index in [4.69, 9.17) is 0 Å². The van der Waals surface area contributed by atoms with Crippen molar-refractivity contribution in [3.05, 3.63) is 76.2 Å². The molecule has 4 N–H and O–H groups in total. The van der Waals surface area contributed by atoms with Crippen LogP contribution in [0.3, 0.4) is 0 Å². The van der Waals surface area contributed by atoms with Gasteiger partial charge in [-0.3, -0.25) is 9.59 Å². The van der Waals surface area contributed by atoms with E-state index in [2.05, 4.69) is 10.3 Å². The zero-order valence-corrected chi connectivity index (χ0v) is 12.5. The molecule has 0 atom stereocenters. The number of aromatic hydroxyl groups is 2. The summed E-state index contributed by atoms with van der Waals surface area (Å²) in [6.07, 6.45) is 3.08. The third-order valence-electron chi connectivity index (χ3n) is 3.47. The number of hydrogen-bond acceptors (Lipinski definition) is 4. The second kappa shape index (κ2) is 6.29. The van der Waals surface area contributed by atoms with Gasteiger partial charge in [-0.25, -0.2) is 0 Å². The lowest BCUT2D eigenvalue weighted by molar-refractivity contribution is 0.0966. The SMILES string of the molecule is O=C(NC=Cc1ccc(O)cc1)c1cc(=O)c2cccc(O)c2[nH]1. The molecule has 0 aliphatic carbocycles. The number of para-hydroxylation sites is 1. The summed E-state index contributed by atoms with van der Waals surface area (Å²) in [6.45, 7) is 0. The average molecular weight is 322 g/mol. The standard InChI is InChI=1S/C18H14N2O4/c21-12-6-4-11(5-7-12)8-9-19-18(24)14-10-16(23)13-2-1-3-15(22)17(13)20-14/h1-10,21-22H,(H,19,24)(H,20,23). The molecule has 0 fully saturated rings. The Labute approximate surface area is 136 Å². The molecule has 6 nitrogen and oxygen atoms in total. The third-order valence-corrected chi connectivity index (χ3v) is 3.47. The number of nitrogens with one attached hydrogen (secondary N) is 2. The first kappa shape index (κ1) is 15.4. The molecule has 0 saturated carbocycles. The number of pyridine rings is 1. The lowest BCUT2D eigenvalue weighted by Gasteiger charge is -2.05. The highest BCUT2D eigenvalue weighted by molar-refractivity contribution is 5.96. The summed E-state index contributed by atoms with van der Waals surface area (Å²) < 4.78 is 0. The number of fused-ring (bicyclic) bond motifs is 1. The number of aromatic nitrogens is 1. The maximum absolute atomic E-state index is 12.1. The highest BCUT2D eigenvalue weighted by atomic mass is 16.3. The van der Waals surface area contributed by atoms with Gasteiger partial charge in [-0.2, -0.15) is 0 Å². The van der Waals surface area contributed by atoms with Crippen LogP contribution in [-0.4, -0.2) is 21.1 Å². The number of amides is 1. The molecule has 0 radical (unpaired) electrons. The summed E-state index contributed by atoms with van der Waals surface area (Å²) in [5.74, 6) is -0.448. The van der Waals surface area contributed by atoms with Crippen molar-refractivity contribution in [2.45, 2.75) is 0 Å². The Morgan fingerprint density at radius 3 is 2.58 bits per heavy atom. The molecule has 0 aliphatic heterocycles. The molecule has 24 heavy (non-hydrogen) atoms. The topological polar surface area (TPSA) is 102 Å². The van der Waals surface area contributed by atoms with Crippen LogP contribution in [0.15, 0.2) is 59.5 Å². The number of phenols is 2. The number of carbonyl (C=O) groups excluding carboxylic acids is 1. The summed E-state index contributed by atoms with van der Waals surface area (Å²) in [5.41, 5.74) is 0.701. The molecule has 0 bridgehead atoms. The van der Waals surface area contributed by atoms with Crippen LogP contribution in [0.5, 0.6) is 11.5 Å². The second-order valence-electron chi connectivity index (χ2n) is 5.15. The number of benzene rings is 2. The molecule has 1 aromatic heterocycles.